The van der Waals surface area contributed by atoms with E-state index in [1.165, 1.54) is 25.3 Å². The molecule has 3 atom stereocenters. The predicted molar refractivity (Wildman–Crippen MR) is 88.2 cm³/mol. The number of nitro benzene ring substituents is 1. The summed E-state index contributed by atoms with van der Waals surface area (Å²) in [6, 6.07) is 5.47. The number of hydrogen-bond acceptors (Lipinski definition) is 3. The molecule has 2 N–H and O–H groups in total. The summed E-state index contributed by atoms with van der Waals surface area (Å²) in [4.78, 5) is 10.7. The molecule has 5 heteroatoms. The molecule has 1 aliphatic carbocycles. The van der Waals surface area contributed by atoms with Crippen LogP contribution in [0.4, 0.5) is 5.69 Å². The van der Waals surface area contributed by atoms with Crippen LogP contribution in [0.1, 0.15) is 44.6 Å². The molecule has 4 nitrogen and oxygen atoms in total. The Bertz CT molecular complexity index is 507. The average molecular weight is 355 g/mol. The number of rotatable bonds is 5. The molecule has 1 aromatic rings. The summed E-state index contributed by atoms with van der Waals surface area (Å²) in [5.41, 5.74) is 7.43. The quantitative estimate of drug-likeness (QED) is 0.627. The first-order chi connectivity index (χ1) is 10.0. The minimum Gasteiger partial charge on any atom is -0.327 e. The van der Waals surface area contributed by atoms with Gasteiger partial charge in [0.25, 0.3) is 5.69 Å². The van der Waals surface area contributed by atoms with Crippen LogP contribution < -0.4 is 5.73 Å². The van der Waals surface area contributed by atoms with Crippen molar-refractivity contribution in [2.75, 3.05) is 0 Å². The molecule has 3 unspecified atom stereocenters. The Morgan fingerprint density at radius 2 is 2.19 bits per heavy atom. The van der Waals surface area contributed by atoms with Crippen molar-refractivity contribution in [3.63, 3.8) is 0 Å². The van der Waals surface area contributed by atoms with Crippen molar-refractivity contribution >= 4 is 21.6 Å². The Balaban J connectivity index is 2.13. The lowest BCUT2D eigenvalue weighted by Crippen LogP contribution is -2.37. The molecule has 0 radical (unpaired) electrons. The van der Waals surface area contributed by atoms with Crippen LogP contribution in [0.15, 0.2) is 22.7 Å². The fraction of sp³-hybridized carbons (Fsp3) is 0.625. The molecule has 116 valence electrons. The summed E-state index contributed by atoms with van der Waals surface area (Å²) in [7, 11) is 0. The fourth-order valence-electron chi connectivity index (χ4n) is 3.44. The Labute approximate surface area is 134 Å². The number of benzene rings is 1. The predicted octanol–water partition coefficient (Wildman–Crippen LogP) is 4.44. The van der Waals surface area contributed by atoms with Crippen molar-refractivity contribution in [2.24, 2.45) is 17.6 Å². The van der Waals surface area contributed by atoms with E-state index in [0.717, 1.165) is 30.7 Å². The molecule has 0 spiro atoms. The van der Waals surface area contributed by atoms with Gasteiger partial charge in [0.1, 0.15) is 0 Å². The van der Waals surface area contributed by atoms with Gasteiger partial charge >= 0.3 is 0 Å². The van der Waals surface area contributed by atoms with Gasteiger partial charge in [0.2, 0.25) is 0 Å². The smallest absolute Gasteiger partial charge is 0.283 e. The van der Waals surface area contributed by atoms with E-state index in [1.54, 1.807) is 6.07 Å². The third-order valence-electron chi connectivity index (χ3n) is 4.58. The zero-order valence-corrected chi connectivity index (χ0v) is 14.0. The number of nitrogens with zero attached hydrogens (tertiary/aromatic N) is 1. The fourth-order valence-corrected chi connectivity index (χ4v) is 4.01. The Morgan fingerprint density at radius 1 is 1.43 bits per heavy atom. The second kappa shape index (κ2) is 7.36. The van der Waals surface area contributed by atoms with Gasteiger partial charge in [-0.1, -0.05) is 31.9 Å². The van der Waals surface area contributed by atoms with Crippen molar-refractivity contribution in [1.82, 2.24) is 0 Å². The molecular formula is C16H23BrN2O2. The monoisotopic (exact) mass is 354 g/mol. The molecule has 2 rings (SSSR count). The van der Waals surface area contributed by atoms with E-state index in [9.17, 15) is 10.1 Å². The van der Waals surface area contributed by atoms with Gasteiger partial charge in [0.05, 0.1) is 9.40 Å². The van der Waals surface area contributed by atoms with Crippen molar-refractivity contribution < 1.29 is 4.92 Å². The normalized spacial score (nSPS) is 25.8. The highest BCUT2D eigenvalue weighted by atomic mass is 79.9. The summed E-state index contributed by atoms with van der Waals surface area (Å²) in [6.45, 7) is 2.22. The van der Waals surface area contributed by atoms with Gasteiger partial charge in [0, 0.05) is 12.1 Å². The molecule has 1 aliphatic rings. The third kappa shape index (κ3) is 4.04. The highest BCUT2D eigenvalue weighted by molar-refractivity contribution is 9.10. The molecule has 0 heterocycles. The van der Waals surface area contributed by atoms with Crippen LogP contribution in [-0.4, -0.2) is 11.0 Å². The Hall–Kier alpha value is -0.940. The van der Waals surface area contributed by atoms with Crippen LogP contribution in [0.5, 0.6) is 0 Å². The van der Waals surface area contributed by atoms with Crippen LogP contribution in [0.25, 0.3) is 0 Å². The van der Waals surface area contributed by atoms with Crippen LogP contribution in [0.3, 0.4) is 0 Å². The van der Waals surface area contributed by atoms with E-state index >= 15 is 0 Å². The Kier molecular flexibility index (Phi) is 5.76. The first kappa shape index (κ1) is 16.4. The van der Waals surface area contributed by atoms with E-state index in [1.807, 2.05) is 6.07 Å². The van der Waals surface area contributed by atoms with Crippen molar-refractivity contribution in [2.45, 2.75) is 51.5 Å². The van der Waals surface area contributed by atoms with Gasteiger partial charge < -0.3 is 5.73 Å². The van der Waals surface area contributed by atoms with Crippen LogP contribution in [-0.2, 0) is 6.42 Å². The van der Waals surface area contributed by atoms with Crippen molar-refractivity contribution in [3.05, 3.63) is 38.3 Å². The maximum Gasteiger partial charge on any atom is 0.283 e. The zero-order valence-electron chi connectivity index (χ0n) is 12.4. The summed E-state index contributed by atoms with van der Waals surface area (Å²) < 4.78 is 0.611. The van der Waals surface area contributed by atoms with Gasteiger partial charge in [-0.15, -0.1) is 0 Å². The van der Waals surface area contributed by atoms with Gasteiger partial charge in [-0.2, -0.15) is 0 Å². The summed E-state index contributed by atoms with van der Waals surface area (Å²) in [5, 5.41) is 11.0. The summed E-state index contributed by atoms with van der Waals surface area (Å²) in [5.74, 6) is 1.19. The van der Waals surface area contributed by atoms with Gasteiger partial charge in [-0.05, 0) is 59.0 Å². The lowest BCUT2D eigenvalue weighted by Gasteiger charge is -2.34. The lowest BCUT2D eigenvalue weighted by molar-refractivity contribution is -0.385. The minimum absolute atomic E-state index is 0.141. The maximum absolute atomic E-state index is 11.0. The van der Waals surface area contributed by atoms with Crippen LogP contribution >= 0.6 is 15.9 Å². The number of nitro groups is 1. The van der Waals surface area contributed by atoms with Crippen molar-refractivity contribution in [3.8, 4) is 0 Å². The SMILES string of the molecule is CCCC1CCC(N)C(Cc2cccc([N+](=O)[O-])c2Br)C1. The van der Waals surface area contributed by atoms with Gasteiger partial charge in [-0.3, -0.25) is 10.1 Å². The molecule has 1 fully saturated rings. The number of hydrogen-bond donors (Lipinski definition) is 1. The van der Waals surface area contributed by atoms with E-state index in [2.05, 4.69) is 22.9 Å². The molecule has 21 heavy (non-hydrogen) atoms. The highest BCUT2D eigenvalue weighted by Gasteiger charge is 2.29. The lowest BCUT2D eigenvalue weighted by atomic mass is 9.74. The first-order valence-electron chi connectivity index (χ1n) is 7.70. The third-order valence-corrected chi connectivity index (χ3v) is 5.50. The summed E-state index contributed by atoms with van der Waals surface area (Å²) >= 11 is 3.39. The van der Waals surface area contributed by atoms with Crippen LogP contribution in [0, 0.1) is 22.0 Å². The minimum atomic E-state index is -0.339. The van der Waals surface area contributed by atoms with E-state index in [-0.39, 0.29) is 16.7 Å². The average Bonchev–Trinajstić information content (AvgIpc) is 2.44. The first-order valence-corrected chi connectivity index (χ1v) is 8.49. The van der Waals surface area contributed by atoms with Crippen molar-refractivity contribution in [1.29, 1.82) is 0 Å². The molecule has 1 saturated carbocycles. The van der Waals surface area contributed by atoms with Gasteiger partial charge in [-0.25, -0.2) is 0 Å². The molecule has 0 aromatic heterocycles. The van der Waals surface area contributed by atoms with E-state index in [4.69, 9.17) is 5.73 Å². The second-order valence-electron chi connectivity index (χ2n) is 6.10. The molecule has 0 bridgehead atoms. The standard InChI is InChI=1S/C16H23BrN2O2/c1-2-4-11-7-8-14(18)13(9-11)10-12-5-3-6-15(16(12)17)19(20)21/h3,5-6,11,13-14H,2,4,7-10,18H2,1H3. The van der Waals surface area contributed by atoms with E-state index < -0.39 is 0 Å². The molecule has 0 saturated heterocycles. The van der Waals surface area contributed by atoms with Gasteiger partial charge in [0.15, 0.2) is 0 Å². The Morgan fingerprint density at radius 3 is 2.86 bits per heavy atom. The maximum atomic E-state index is 11.0. The number of halogens is 1. The number of nitrogens with two attached hydrogens (primary N) is 1. The molecule has 0 aliphatic heterocycles. The molecular weight excluding hydrogens is 332 g/mol. The molecule has 1 aromatic carbocycles. The highest BCUT2D eigenvalue weighted by Crippen LogP contribution is 2.36. The molecule has 0 amide bonds. The second-order valence-corrected chi connectivity index (χ2v) is 6.90. The van der Waals surface area contributed by atoms with E-state index in [0.29, 0.717) is 10.4 Å². The largest absolute Gasteiger partial charge is 0.327 e. The topological polar surface area (TPSA) is 69.2 Å². The summed E-state index contributed by atoms with van der Waals surface area (Å²) in [6.07, 6.45) is 6.74. The van der Waals surface area contributed by atoms with Crippen LogP contribution in [0.2, 0.25) is 0 Å². The zero-order chi connectivity index (χ0) is 15.4.